The number of rotatable bonds is 3. The number of hydrogen-bond donors (Lipinski definition) is 1. The Balaban J connectivity index is 2.54. The molecular weight excluding hydrogens is 216 g/mol. The molecule has 0 saturated carbocycles. The summed E-state index contributed by atoms with van der Waals surface area (Å²) in [6.07, 6.45) is 2.14. The van der Waals surface area contributed by atoms with Gasteiger partial charge in [0, 0.05) is 24.1 Å². The van der Waals surface area contributed by atoms with Crippen LogP contribution in [0.2, 0.25) is 0 Å². The van der Waals surface area contributed by atoms with E-state index >= 15 is 0 Å². The van der Waals surface area contributed by atoms with Gasteiger partial charge in [-0.15, -0.1) is 0 Å². The molecule has 88 valence electrons. The Morgan fingerprint density at radius 3 is 3.00 bits per heavy atom. The van der Waals surface area contributed by atoms with Gasteiger partial charge in [-0.2, -0.15) is 0 Å². The highest BCUT2D eigenvalue weighted by molar-refractivity contribution is 6.00. The van der Waals surface area contributed by atoms with Crippen LogP contribution in [0.1, 0.15) is 13.3 Å². The zero-order valence-corrected chi connectivity index (χ0v) is 9.86. The van der Waals surface area contributed by atoms with Crippen LogP contribution in [-0.2, 0) is 4.79 Å². The first-order valence-corrected chi connectivity index (χ1v) is 5.47. The average molecular weight is 230 g/mol. The molecule has 0 aliphatic heterocycles. The van der Waals surface area contributed by atoms with Crippen molar-refractivity contribution in [1.82, 2.24) is 4.98 Å². The predicted molar refractivity (Wildman–Crippen MR) is 67.2 cm³/mol. The molecule has 0 bridgehead atoms. The molecule has 0 atom stereocenters. The fraction of sp³-hybridized carbons (Fsp3) is 0.231. The van der Waals surface area contributed by atoms with Crippen LogP contribution in [0.15, 0.2) is 30.5 Å². The third-order valence-corrected chi connectivity index (χ3v) is 2.51. The van der Waals surface area contributed by atoms with Crippen LogP contribution in [-0.4, -0.2) is 18.0 Å². The summed E-state index contributed by atoms with van der Waals surface area (Å²) in [5.41, 5.74) is 1.46. The second-order valence-electron chi connectivity index (χ2n) is 3.65. The molecule has 1 heterocycles. The molecule has 0 fully saturated rings. The van der Waals surface area contributed by atoms with Crippen molar-refractivity contribution in [3.8, 4) is 5.75 Å². The maximum atomic E-state index is 11.4. The average Bonchev–Trinajstić information content (AvgIpc) is 2.38. The number of nitrogens with one attached hydrogen (secondary N) is 1. The summed E-state index contributed by atoms with van der Waals surface area (Å²) in [5, 5.41) is 3.77. The molecule has 1 amide bonds. The highest BCUT2D eigenvalue weighted by atomic mass is 16.5. The van der Waals surface area contributed by atoms with Gasteiger partial charge in [-0.25, -0.2) is 0 Å². The SMILES string of the molecule is CCC(=O)Nc1cc(OC)cc2cccnc12. The first-order chi connectivity index (χ1) is 8.24. The molecule has 1 N–H and O–H groups in total. The minimum Gasteiger partial charge on any atom is -0.497 e. The van der Waals surface area contributed by atoms with E-state index in [-0.39, 0.29) is 5.91 Å². The number of hydrogen-bond acceptors (Lipinski definition) is 3. The van der Waals surface area contributed by atoms with Gasteiger partial charge in [-0.05, 0) is 12.1 Å². The monoisotopic (exact) mass is 230 g/mol. The molecule has 2 aromatic rings. The topological polar surface area (TPSA) is 51.2 Å². The first kappa shape index (κ1) is 11.4. The minimum absolute atomic E-state index is 0.0368. The molecule has 0 aliphatic rings. The number of nitrogens with zero attached hydrogens (tertiary/aromatic N) is 1. The molecule has 0 aliphatic carbocycles. The van der Waals surface area contributed by atoms with Crippen molar-refractivity contribution in [2.24, 2.45) is 0 Å². The zero-order chi connectivity index (χ0) is 12.3. The molecule has 1 aromatic carbocycles. The number of pyridine rings is 1. The summed E-state index contributed by atoms with van der Waals surface area (Å²) in [5.74, 6) is 0.669. The smallest absolute Gasteiger partial charge is 0.224 e. The van der Waals surface area contributed by atoms with E-state index in [4.69, 9.17) is 4.74 Å². The molecule has 0 unspecified atom stereocenters. The van der Waals surface area contributed by atoms with Gasteiger partial charge in [-0.3, -0.25) is 9.78 Å². The van der Waals surface area contributed by atoms with E-state index < -0.39 is 0 Å². The number of benzene rings is 1. The Kier molecular flexibility index (Phi) is 3.23. The summed E-state index contributed by atoms with van der Waals surface area (Å²) in [6.45, 7) is 1.81. The second kappa shape index (κ2) is 4.82. The van der Waals surface area contributed by atoms with Gasteiger partial charge in [0.2, 0.25) is 5.91 Å². The summed E-state index contributed by atoms with van der Waals surface area (Å²) in [4.78, 5) is 15.7. The number of carbonyl (C=O) groups is 1. The van der Waals surface area contributed by atoms with Crippen molar-refractivity contribution in [2.45, 2.75) is 13.3 Å². The molecule has 0 spiro atoms. The van der Waals surface area contributed by atoms with Gasteiger partial charge in [0.05, 0.1) is 18.3 Å². The lowest BCUT2D eigenvalue weighted by Crippen LogP contribution is -2.10. The molecule has 4 heteroatoms. The Hall–Kier alpha value is -2.10. The van der Waals surface area contributed by atoms with Gasteiger partial charge in [-0.1, -0.05) is 13.0 Å². The van der Waals surface area contributed by atoms with Crippen molar-refractivity contribution < 1.29 is 9.53 Å². The number of amides is 1. The number of ether oxygens (including phenoxy) is 1. The van der Waals surface area contributed by atoms with Crippen LogP contribution >= 0.6 is 0 Å². The molecule has 17 heavy (non-hydrogen) atoms. The highest BCUT2D eigenvalue weighted by Crippen LogP contribution is 2.27. The number of carbonyl (C=O) groups excluding carboxylic acids is 1. The molecule has 1 aromatic heterocycles. The van der Waals surface area contributed by atoms with E-state index in [0.717, 1.165) is 10.9 Å². The standard InChI is InChI=1S/C13H14N2O2/c1-3-12(16)15-11-8-10(17-2)7-9-5-4-6-14-13(9)11/h4-8H,3H2,1-2H3,(H,15,16). The van der Waals surface area contributed by atoms with E-state index in [1.54, 1.807) is 19.4 Å². The number of fused-ring (bicyclic) bond motifs is 1. The molecule has 0 radical (unpaired) electrons. The summed E-state index contributed by atoms with van der Waals surface area (Å²) in [7, 11) is 1.60. The zero-order valence-electron chi connectivity index (χ0n) is 9.86. The number of anilines is 1. The van der Waals surface area contributed by atoms with E-state index in [1.165, 1.54) is 0 Å². The Bertz CT molecular complexity index is 552. The van der Waals surface area contributed by atoms with Gasteiger partial charge in [0.1, 0.15) is 5.75 Å². The second-order valence-corrected chi connectivity index (χ2v) is 3.65. The third-order valence-electron chi connectivity index (χ3n) is 2.51. The van der Waals surface area contributed by atoms with Crippen molar-refractivity contribution in [1.29, 1.82) is 0 Å². The lowest BCUT2D eigenvalue weighted by atomic mass is 10.1. The maximum absolute atomic E-state index is 11.4. The quantitative estimate of drug-likeness (QED) is 0.881. The van der Waals surface area contributed by atoms with Gasteiger partial charge >= 0.3 is 0 Å². The van der Waals surface area contributed by atoms with Crippen LogP contribution in [0.4, 0.5) is 5.69 Å². The summed E-state index contributed by atoms with van der Waals surface area (Å²) < 4.78 is 5.20. The van der Waals surface area contributed by atoms with Gasteiger partial charge < -0.3 is 10.1 Å². The predicted octanol–water partition coefficient (Wildman–Crippen LogP) is 2.59. The fourth-order valence-electron chi connectivity index (χ4n) is 1.62. The third kappa shape index (κ3) is 2.36. The molecular formula is C13H14N2O2. The van der Waals surface area contributed by atoms with Crippen molar-refractivity contribution in [2.75, 3.05) is 12.4 Å². The van der Waals surface area contributed by atoms with E-state index in [0.29, 0.717) is 17.9 Å². The molecule has 4 nitrogen and oxygen atoms in total. The van der Waals surface area contributed by atoms with E-state index in [2.05, 4.69) is 10.3 Å². The Morgan fingerprint density at radius 2 is 2.29 bits per heavy atom. The molecule has 0 saturated heterocycles. The lowest BCUT2D eigenvalue weighted by molar-refractivity contribution is -0.115. The normalized spacial score (nSPS) is 10.2. The fourth-order valence-corrected chi connectivity index (χ4v) is 1.62. The van der Waals surface area contributed by atoms with Gasteiger partial charge in [0.25, 0.3) is 0 Å². The van der Waals surface area contributed by atoms with E-state index in [9.17, 15) is 4.79 Å². The minimum atomic E-state index is -0.0368. The first-order valence-electron chi connectivity index (χ1n) is 5.47. The summed E-state index contributed by atoms with van der Waals surface area (Å²) in [6, 6.07) is 7.46. The highest BCUT2D eigenvalue weighted by Gasteiger charge is 2.07. The van der Waals surface area contributed by atoms with Crippen molar-refractivity contribution in [3.63, 3.8) is 0 Å². The summed E-state index contributed by atoms with van der Waals surface area (Å²) >= 11 is 0. The van der Waals surface area contributed by atoms with Gasteiger partial charge in [0.15, 0.2) is 0 Å². The largest absolute Gasteiger partial charge is 0.497 e. The van der Waals surface area contributed by atoms with Crippen LogP contribution < -0.4 is 10.1 Å². The van der Waals surface area contributed by atoms with Crippen LogP contribution in [0.3, 0.4) is 0 Å². The Labute approximate surface area is 99.6 Å². The maximum Gasteiger partial charge on any atom is 0.224 e. The van der Waals surface area contributed by atoms with Crippen LogP contribution in [0.5, 0.6) is 5.75 Å². The van der Waals surface area contributed by atoms with Crippen molar-refractivity contribution >= 4 is 22.5 Å². The Morgan fingerprint density at radius 1 is 1.47 bits per heavy atom. The number of aromatic nitrogens is 1. The van der Waals surface area contributed by atoms with E-state index in [1.807, 2.05) is 25.1 Å². The van der Waals surface area contributed by atoms with Crippen LogP contribution in [0.25, 0.3) is 10.9 Å². The lowest BCUT2D eigenvalue weighted by Gasteiger charge is -2.09. The van der Waals surface area contributed by atoms with Crippen LogP contribution in [0, 0.1) is 0 Å². The molecule has 2 rings (SSSR count). The van der Waals surface area contributed by atoms with Crippen molar-refractivity contribution in [3.05, 3.63) is 30.5 Å². The number of methoxy groups -OCH3 is 1.